The molecule has 0 aliphatic carbocycles. The molecule has 0 aliphatic heterocycles. The van der Waals surface area contributed by atoms with Crippen LogP contribution in [-0.4, -0.2) is 32.2 Å². The third-order valence-electron chi connectivity index (χ3n) is 3.97. The molecule has 0 radical (unpaired) electrons. The molecule has 0 spiro atoms. The first kappa shape index (κ1) is 19.7. The number of nitrogens with zero attached hydrogens (tertiary/aromatic N) is 1. The van der Waals surface area contributed by atoms with Gasteiger partial charge in [-0.2, -0.15) is 5.10 Å². The minimum Gasteiger partial charge on any atom is -0.493 e. The smallest absolute Gasteiger partial charge is 0.291 e. The number of para-hydroxylation sites is 2. The molecule has 0 bridgehead atoms. The number of amides is 2. The summed E-state index contributed by atoms with van der Waals surface area (Å²) < 4.78 is 15.6. The van der Waals surface area contributed by atoms with Crippen molar-refractivity contribution in [2.45, 2.75) is 0 Å². The van der Waals surface area contributed by atoms with Gasteiger partial charge in [0.1, 0.15) is 0 Å². The van der Waals surface area contributed by atoms with Crippen LogP contribution in [0.25, 0.3) is 0 Å². The van der Waals surface area contributed by atoms with E-state index in [1.54, 1.807) is 48.5 Å². The van der Waals surface area contributed by atoms with Crippen LogP contribution in [0, 0.1) is 0 Å². The number of hydrogen-bond acceptors (Lipinski definition) is 6. The summed E-state index contributed by atoms with van der Waals surface area (Å²) in [5, 5.41) is 6.63. The number of furan rings is 1. The van der Waals surface area contributed by atoms with Crippen molar-refractivity contribution in [1.82, 2.24) is 5.43 Å². The SMILES string of the molecule is COc1cccc(/C=N/NC(=O)c2ccccc2NC(=O)c2ccco2)c1OC. The van der Waals surface area contributed by atoms with Crippen molar-refractivity contribution in [2.24, 2.45) is 5.10 Å². The molecule has 0 saturated heterocycles. The molecule has 1 aromatic heterocycles. The third-order valence-corrected chi connectivity index (χ3v) is 3.97. The number of benzene rings is 2. The fourth-order valence-corrected chi connectivity index (χ4v) is 2.62. The minimum absolute atomic E-state index is 0.142. The van der Waals surface area contributed by atoms with Gasteiger partial charge >= 0.3 is 0 Å². The van der Waals surface area contributed by atoms with Crippen LogP contribution in [0.15, 0.2) is 70.4 Å². The van der Waals surface area contributed by atoms with Gasteiger partial charge in [-0.25, -0.2) is 5.43 Å². The monoisotopic (exact) mass is 393 g/mol. The summed E-state index contributed by atoms with van der Waals surface area (Å²) >= 11 is 0. The fraction of sp³-hybridized carbons (Fsp3) is 0.0952. The molecule has 29 heavy (non-hydrogen) atoms. The van der Waals surface area contributed by atoms with Gasteiger partial charge < -0.3 is 19.2 Å². The molecule has 0 aliphatic rings. The molecule has 2 N–H and O–H groups in total. The van der Waals surface area contributed by atoms with Gasteiger partial charge in [0.25, 0.3) is 11.8 Å². The van der Waals surface area contributed by atoms with Crippen LogP contribution in [-0.2, 0) is 0 Å². The number of methoxy groups -OCH3 is 2. The molecule has 8 nitrogen and oxygen atoms in total. The van der Waals surface area contributed by atoms with Crippen molar-refractivity contribution >= 4 is 23.7 Å². The highest BCUT2D eigenvalue weighted by Gasteiger charge is 2.15. The Labute approximate surface area is 167 Å². The maximum atomic E-state index is 12.5. The van der Waals surface area contributed by atoms with Crippen molar-refractivity contribution in [3.63, 3.8) is 0 Å². The number of carbonyl (C=O) groups excluding carboxylic acids is 2. The van der Waals surface area contributed by atoms with Crippen molar-refractivity contribution in [1.29, 1.82) is 0 Å². The molecule has 1 heterocycles. The lowest BCUT2D eigenvalue weighted by molar-refractivity contribution is 0.0956. The molecule has 0 unspecified atom stereocenters. The topological polar surface area (TPSA) is 102 Å². The summed E-state index contributed by atoms with van der Waals surface area (Å²) in [5.74, 6) is 0.245. The Morgan fingerprint density at radius 2 is 1.79 bits per heavy atom. The minimum atomic E-state index is -0.488. The normalized spacial score (nSPS) is 10.6. The van der Waals surface area contributed by atoms with Crippen molar-refractivity contribution in [3.8, 4) is 11.5 Å². The van der Waals surface area contributed by atoms with Crippen LogP contribution in [0.3, 0.4) is 0 Å². The summed E-state index contributed by atoms with van der Waals surface area (Å²) in [5.41, 5.74) is 3.66. The third kappa shape index (κ3) is 4.62. The molecular formula is C21H19N3O5. The number of anilines is 1. The van der Waals surface area contributed by atoms with E-state index in [0.29, 0.717) is 22.7 Å². The van der Waals surface area contributed by atoms with Gasteiger partial charge in [-0.05, 0) is 36.4 Å². The van der Waals surface area contributed by atoms with Gasteiger partial charge in [-0.1, -0.05) is 18.2 Å². The zero-order chi connectivity index (χ0) is 20.6. The lowest BCUT2D eigenvalue weighted by Crippen LogP contribution is -2.21. The lowest BCUT2D eigenvalue weighted by atomic mass is 10.1. The van der Waals surface area contributed by atoms with E-state index in [1.807, 2.05) is 0 Å². The van der Waals surface area contributed by atoms with Gasteiger partial charge in [-0.3, -0.25) is 9.59 Å². The highest BCUT2D eigenvalue weighted by molar-refractivity contribution is 6.08. The van der Waals surface area contributed by atoms with Crippen LogP contribution in [0.2, 0.25) is 0 Å². The first-order valence-electron chi connectivity index (χ1n) is 8.62. The van der Waals surface area contributed by atoms with Crippen LogP contribution < -0.4 is 20.2 Å². The molecule has 2 amide bonds. The average molecular weight is 393 g/mol. The van der Waals surface area contributed by atoms with Gasteiger partial charge in [-0.15, -0.1) is 0 Å². The Hall–Kier alpha value is -4.07. The molecule has 3 rings (SSSR count). The predicted octanol–water partition coefficient (Wildman–Crippen LogP) is 3.31. The van der Waals surface area contributed by atoms with E-state index in [1.165, 1.54) is 32.8 Å². The summed E-state index contributed by atoms with van der Waals surface area (Å²) in [7, 11) is 3.06. The Morgan fingerprint density at radius 1 is 0.966 bits per heavy atom. The Balaban J connectivity index is 1.74. The molecular weight excluding hydrogens is 374 g/mol. The lowest BCUT2D eigenvalue weighted by Gasteiger charge is -2.10. The summed E-state index contributed by atoms with van der Waals surface area (Å²) in [6.07, 6.45) is 2.85. The fourth-order valence-electron chi connectivity index (χ4n) is 2.62. The van der Waals surface area contributed by atoms with Crippen LogP contribution >= 0.6 is 0 Å². The second-order valence-corrected chi connectivity index (χ2v) is 5.76. The number of ether oxygens (including phenoxy) is 2. The quantitative estimate of drug-likeness (QED) is 0.474. The van der Waals surface area contributed by atoms with Gasteiger partial charge in [0, 0.05) is 5.56 Å². The standard InChI is InChI=1S/C21H19N3O5/c1-27-17-10-5-7-14(19(17)28-2)13-22-24-20(25)15-8-3-4-9-16(15)23-21(26)18-11-6-12-29-18/h3-13H,1-2H3,(H,23,26)(H,24,25)/b22-13+. The molecule has 8 heteroatoms. The van der Waals surface area contributed by atoms with Crippen LogP contribution in [0.5, 0.6) is 11.5 Å². The molecule has 148 valence electrons. The molecule has 3 aromatic rings. The Kier molecular flexibility index (Phi) is 6.26. The van der Waals surface area contributed by atoms with Crippen molar-refractivity contribution in [2.75, 3.05) is 19.5 Å². The summed E-state index contributed by atoms with van der Waals surface area (Å²) in [4.78, 5) is 24.7. The summed E-state index contributed by atoms with van der Waals surface area (Å²) in [6.45, 7) is 0. The van der Waals surface area contributed by atoms with Crippen molar-refractivity contribution in [3.05, 3.63) is 77.7 Å². The van der Waals surface area contributed by atoms with E-state index in [-0.39, 0.29) is 11.3 Å². The number of hydrogen-bond donors (Lipinski definition) is 2. The summed E-state index contributed by atoms with van der Waals surface area (Å²) in [6, 6.07) is 15.0. The maximum absolute atomic E-state index is 12.5. The van der Waals surface area contributed by atoms with Gasteiger partial charge in [0.15, 0.2) is 17.3 Å². The maximum Gasteiger partial charge on any atom is 0.291 e. The first-order chi connectivity index (χ1) is 14.1. The number of carbonyl (C=O) groups is 2. The van der Waals surface area contributed by atoms with Crippen LogP contribution in [0.1, 0.15) is 26.5 Å². The van der Waals surface area contributed by atoms with Crippen molar-refractivity contribution < 1.29 is 23.5 Å². The molecule has 2 aromatic carbocycles. The highest BCUT2D eigenvalue weighted by Crippen LogP contribution is 2.29. The largest absolute Gasteiger partial charge is 0.493 e. The van der Waals surface area contributed by atoms with E-state index >= 15 is 0 Å². The number of nitrogens with one attached hydrogen (secondary N) is 2. The predicted molar refractivity (Wildman–Crippen MR) is 108 cm³/mol. The zero-order valence-corrected chi connectivity index (χ0v) is 15.8. The molecule has 0 fully saturated rings. The van der Waals surface area contributed by atoms with E-state index < -0.39 is 11.8 Å². The number of hydrazone groups is 1. The Bertz CT molecular complexity index is 1030. The van der Waals surface area contributed by atoms with Crippen LogP contribution in [0.4, 0.5) is 5.69 Å². The van der Waals surface area contributed by atoms with Gasteiger partial charge in [0.05, 0.1) is 37.9 Å². The highest BCUT2D eigenvalue weighted by atomic mass is 16.5. The average Bonchev–Trinajstić information content (AvgIpc) is 3.29. The van der Waals surface area contributed by atoms with Gasteiger partial charge in [0.2, 0.25) is 0 Å². The van der Waals surface area contributed by atoms with E-state index in [4.69, 9.17) is 13.9 Å². The molecule has 0 saturated carbocycles. The first-order valence-corrected chi connectivity index (χ1v) is 8.62. The zero-order valence-electron chi connectivity index (χ0n) is 15.8. The van der Waals surface area contributed by atoms with E-state index in [9.17, 15) is 9.59 Å². The van der Waals surface area contributed by atoms with E-state index in [2.05, 4.69) is 15.8 Å². The van der Waals surface area contributed by atoms with E-state index in [0.717, 1.165) is 0 Å². The second kappa shape index (κ2) is 9.23. The Morgan fingerprint density at radius 3 is 2.52 bits per heavy atom. The second-order valence-electron chi connectivity index (χ2n) is 5.76. The molecule has 0 atom stereocenters. The number of rotatable bonds is 7.